The highest BCUT2D eigenvalue weighted by molar-refractivity contribution is 9.08. The standard InChI is InChI=1S/C13H15BrF2O3/c1-3-18-11(17)6-10-5-9(7-14)4-8(2)12(10)19-13(15)16/h4-5,13H,3,6-7H2,1-2H3. The molecule has 0 atom stereocenters. The van der Waals surface area contributed by atoms with Gasteiger partial charge in [0.25, 0.3) is 0 Å². The van der Waals surface area contributed by atoms with Crippen LogP contribution >= 0.6 is 15.9 Å². The average Bonchev–Trinajstić information content (AvgIpc) is 2.33. The fraction of sp³-hybridized carbons (Fsp3) is 0.462. The molecule has 0 saturated heterocycles. The summed E-state index contributed by atoms with van der Waals surface area (Å²) >= 11 is 3.29. The van der Waals surface area contributed by atoms with Gasteiger partial charge in [0.2, 0.25) is 0 Å². The first-order valence-corrected chi connectivity index (χ1v) is 6.88. The summed E-state index contributed by atoms with van der Waals surface area (Å²) in [6.07, 6.45) is -0.0857. The number of benzene rings is 1. The molecule has 19 heavy (non-hydrogen) atoms. The molecule has 6 heteroatoms. The van der Waals surface area contributed by atoms with E-state index >= 15 is 0 Å². The lowest BCUT2D eigenvalue weighted by Gasteiger charge is -2.14. The Bertz CT molecular complexity index is 450. The molecule has 0 radical (unpaired) electrons. The molecule has 0 heterocycles. The van der Waals surface area contributed by atoms with Gasteiger partial charge < -0.3 is 9.47 Å². The van der Waals surface area contributed by atoms with Gasteiger partial charge in [0, 0.05) is 10.9 Å². The van der Waals surface area contributed by atoms with Crippen LogP contribution in [0.5, 0.6) is 5.75 Å². The summed E-state index contributed by atoms with van der Waals surface area (Å²) in [7, 11) is 0. The predicted molar refractivity (Wildman–Crippen MR) is 70.8 cm³/mol. The van der Waals surface area contributed by atoms with Gasteiger partial charge in [-0.1, -0.05) is 28.1 Å². The molecule has 3 nitrogen and oxygen atoms in total. The zero-order chi connectivity index (χ0) is 14.4. The monoisotopic (exact) mass is 336 g/mol. The minimum absolute atomic E-state index is 0.0488. The maximum Gasteiger partial charge on any atom is 0.387 e. The molecule has 0 aromatic heterocycles. The molecule has 0 N–H and O–H groups in total. The van der Waals surface area contributed by atoms with Crippen LogP contribution in [-0.2, 0) is 21.3 Å². The van der Waals surface area contributed by atoms with Crippen molar-refractivity contribution in [2.45, 2.75) is 32.2 Å². The summed E-state index contributed by atoms with van der Waals surface area (Å²) in [5, 5.41) is 0.568. The van der Waals surface area contributed by atoms with Crippen molar-refractivity contribution in [1.29, 1.82) is 0 Å². The Morgan fingerprint density at radius 2 is 2.11 bits per heavy atom. The maximum absolute atomic E-state index is 12.4. The fourth-order valence-electron chi connectivity index (χ4n) is 1.76. The van der Waals surface area contributed by atoms with Crippen molar-refractivity contribution in [3.63, 3.8) is 0 Å². The third-order valence-corrected chi connectivity index (χ3v) is 3.06. The Balaban J connectivity index is 3.08. The summed E-state index contributed by atoms with van der Waals surface area (Å²) in [6.45, 7) is 0.684. The largest absolute Gasteiger partial charge is 0.466 e. The normalized spacial score (nSPS) is 10.6. The van der Waals surface area contributed by atoms with Crippen LogP contribution in [0.3, 0.4) is 0 Å². The lowest BCUT2D eigenvalue weighted by atomic mass is 10.0. The smallest absolute Gasteiger partial charge is 0.387 e. The van der Waals surface area contributed by atoms with E-state index < -0.39 is 12.6 Å². The highest BCUT2D eigenvalue weighted by Gasteiger charge is 2.17. The number of aryl methyl sites for hydroxylation is 1. The molecule has 0 saturated carbocycles. The van der Waals surface area contributed by atoms with E-state index in [1.54, 1.807) is 26.0 Å². The quantitative estimate of drug-likeness (QED) is 0.588. The highest BCUT2D eigenvalue weighted by Crippen LogP contribution is 2.28. The van der Waals surface area contributed by atoms with Crippen LogP contribution in [-0.4, -0.2) is 19.2 Å². The number of alkyl halides is 3. The van der Waals surface area contributed by atoms with E-state index in [4.69, 9.17) is 4.74 Å². The van der Waals surface area contributed by atoms with Crippen molar-refractivity contribution < 1.29 is 23.0 Å². The first kappa shape index (κ1) is 15.9. The number of carbonyl (C=O) groups is 1. The zero-order valence-corrected chi connectivity index (χ0v) is 12.3. The van der Waals surface area contributed by atoms with Gasteiger partial charge in [-0.25, -0.2) is 0 Å². The number of hydrogen-bond donors (Lipinski definition) is 0. The fourth-order valence-corrected chi connectivity index (χ4v) is 2.09. The molecule has 0 amide bonds. The van der Waals surface area contributed by atoms with E-state index in [1.165, 1.54) is 0 Å². The number of rotatable bonds is 6. The molecule has 0 fully saturated rings. The SMILES string of the molecule is CCOC(=O)Cc1cc(CBr)cc(C)c1OC(F)F. The van der Waals surface area contributed by atoms with Gasteiger partial charge in [-0.05, 0) is 25.0 Å². The van der Waals surface area contributed by atoms with Crippen molar-refractivity contribution in [3.05, 3.63) is 28.8 Å². The van der Waals surface area contributed by atoms with Crippen LogP contribution in [0.25, 0.3) is 0 Å². The van der Waals surface area contributed by atoms with Gasteiger partial charge >= 0.3 is 12.6 Å². The molecule has 0 aliphatic heterocycles. The molecule has 1 rings (SSSR count). The molecular weight excluding hydrogens is 322 g/mol. The molecule has 0 spiro atoms. The second-order valence-corrected chi connectivity index (χ2v) is 4.46. The average molecular weight is 337 g/mol. The van der Waals surface area contributed by atoms with Crippen LogP contribution < -0.4 is 4.74 Å². The Morgan fingerprint density at radius 3 is 2.63 bits per heavy atom. The van der Waals surface area contributed by atoms with Crippen molar-refractivity contribution in [3.8, 4) is 5.75 Å². The third-order valence-electron chi connectivity index (χ3n) is 2.41. The Hall–Kier alpha value is -1.17. The molecule has 0 aliphatic carbocycles. The first-order chi connectivity index (χ1) is 8.97. The van der Waals surface area contributed by atoms with Gasteiger partial charge in [0.15, 0.2) is 0 Å². The van der Waals surface area contributed by atoms with E-state index in [1.807, 2.05) is 0 Å². The zero-order valence-electron chi connectivity index (χ0n) is 10.7. The lowest BCUT2D eigenvalue weighted by Crippen LogP contribution is -2.12. The van der Waals surface area contributed by atoms with Crippen molar-refractivity contribution in [1.82, 2.24) is 0 Å². The molecule has 0 bridgehead atoms. The summed E-state index contributed by atoms with van der Waals surface area (Å²) in [4.78, 5) is 11.5. The lowest BCUT2D eigenvalue weighted by molar-refractivity contribution is -0.142. The van der Waals surface area contributed by atoms with Crippen LogP contribution in [0.15, 0.2) is 12.1 Å². The van der Waals surface area contributed by atoms with Crippen molar-refractivity contribution in [2.24, 2.45) is 0 Å². The Morgan fingerprint density at radius 1 is 1.42 bits per heavy atom. The van der Waals surface area contributed by atoms with E-state index in [9.17, 15) is 13.6 Å². The topological polar surface area (TPSA) is 35.5 Å². The van der Waals surface area contributed by atoms with E-state index in [0.717, 1.165) is 5.56 Å². The molecule has 0 aliphatic rings. The van der Waals surface area contributed by atoms with Crippen LogP contribution in [0.2, 0.25) is 0 Å². The van der Waals surface area contributed by atoms with Crippen LogP contribution in [0.1, 0.15) is 23.6 Å². The van der Waals surface area contributed by atoms with Crippen molar-refractivity contribution in [2.75, 3.05) is 6.61 Å². The summed E-state index contributed by atoms with van der Waals surface area (Å²) in [5.74, 6) is -0.416. The molecule has 106 valence electrons. The minimum atomic E-state index is -2.92. The number of halogens is 3. The van der Waals surface area contributed by atoms with E-state index in [-0.39, 0.29) is 18.8 Å². The van der Waals surface area contributed by atoms with E-state index in [0.29, 0.717) is 16.5 Å². The number of carbonyl (C=O) groups excluding carboxylic acids is 1. The van der Waals surface area contributed by atoms with Crippen molar-refractivity contribution >= 4 is 21.9 Å². The third kappa shape index (κ3) is 4.78. The second-order valence-electron chi connectivity index (χ2n) is 3.89. The number of ether oxygens (including phenoxy) is 2. The second kappa shape index (κ2) is 7.43. The van der Waals surface area contributed by atoms with E-state index in [2.05, 4.69) is 20.7 Å². The highest BCUT2D eigenvalue weighted by atomic mass is 79.9. The Kier molecular flexibility index (Phi) is 6.21. The summed E-state index contributed by atoms with van der Waals surface area (Å²) in [5.41, 5.74) is 1.86. The van der Waals surface area contributed by atoms with Gasteiger partial charge in [0.05, 0.1) is 13.0 Å². The molecule has 1 aromatic carbocycles. The van der Waals surface area contributed by atoms with Gasteiger partial charge in [0.1, 0.15) is 5.75 Å². The van der Waals surface area contributed by atoms with Gasteiger partial charge in [-0.2, -0.15) is 8.78 Å². The molecular formula is C13H15BrF2O3. The van der Waals surface area contributed by atoms with Gasteiger partial charge in [-0.3, -0.25) is 4.79 Å². The van der Waals surface area contributed by atoms with Crippen LogP contribution in [0.4, 0.5) is 8.78 Å². The van der Waals surface area contributed by atoms with Gasteiger partial charge in [-0.15, -0.1) is 0 Å². The maximum atomic E-state index is 12.4. The number of esters is 1. The summed E-state index contributed by atoms with van der Waals surface area (Å²) < 4.78 is 34.1. The number of hydrogen-bond acceptors (Lipinski definition) is 3. The first-order valence-electron chi connectivity index (χ1n) is 5.76. The summed E-state index contributed by atoms with van der Waals surface area (Å²) in [6, 6.07) is 3.40. The predicted octanol–water partition coefficient (Wildman–Crippen LogP) is 3.60. The minimum Gasteiger partial charge on any atom is -0.466 e. The molecule has 1 aromatic rings. The van der Waals surface area contributed by atoms with Crippen LogP contribution in [0, 0.1) is 6.92 Å². The molecule has 0 unspecified atom stereocenters. The Labute approximate surface area is 119 Å².